The van der Waals surface area contributed by atoms with Crippen LogP contribution in [0.2, 0.25) is 0 Å². The van der Waals surface area contributed by atoms with Crippen molar-refractivity contribution in [1.29, 1.82) is 5.26 Å². The first kappa shape index (κ1) is 24.5. The van der Waals surface area contributed by atoms with E-state index >= 15 is 0 Å². The third kappa shape index (κ3) is 4.32. The number of benzene rings is 2. The maximum absolute atomic E-state index is 13.4. The lowest BCUT2D eigenvalue weighted by molar-refractivity contribution is -0.119. The van der Waals surface area contributed by atoms with Crippen LogP contribution in [0.15, 0.2) is 47.1 Å². The van der Waals surface area contributed by atoms with Crippen LogP contribution in [0.4, 0.5) is 4.39 Å². The molecule has 2 aliphatic rings. The third-order valence-corrected chi connectivity index (χ3v) is 7.40. The Morgan fingerprint density at radius 2 is 1.69 bits per heavy atom. The highest BCUT2D eigenvalue weighted by molar-refractivity contribution is 6.00. The molecule has 0 unspecified atom stereocenters. The van der Waals surface area contributed by atoms with Crippen molar-refractivity contribution in [2.45, 2.75) is 66.9 Å². The molecule has 2 aromatic rings. The molecule has 0 aromatic heterocycles. The number of ether oxygens (including phenoxy) is 2. The van der Waals surface area contributed by atoms with Gasteiger partial charge in [-0.3, -0.25) is 4.79 Å². The van der Waals surface area contributed by atoms with Crippen molar-refractivity contribution in [2.75, 3.05) is 0 Å². The summed E-state index contributed by atoms with van der Waals surface area (Å²) in [6.45, 7) is 12.5. The number of nitrogens with two attached hydrogens (primary N) is 1. The quantitative estimate of drug-likeness (QED) is 0.580. The maximum atomic E-state index is 13.4. The summed E-state index contributed by atoms with van der Waals surface area (Å²) in [5, 5.41) is 10.0. The van der Waals surface area contributed by atoms with Gasteiger partial charge in [-0.15, -0.1) is 0 Å². The van der Waals surface area contributed by atoms with E-state index in [0.717, 1.165) is 33.4 Å². The molecule has 1 heterocycles. The largest absolute Gasteiger partial charge is 0.489 e. The Bertz CT molecular complexity index is 1300. The van der Waals surface area contributed by atoms with Crippen molar-refractivity contribution in [2.24, 2.45) is 11.1 Å². The first-order valence-electron chi connectivity index (χ1n) is 11.8. The van der Waals surface area contributed by atoms with Crippen LogP contribution in [0, 0.1) is 50.3 Å². The number of allylic oxidation sites excluding steroid dienone is 3. The van der Waals surface area contributed by atoms with Gasteiger partial charge < -0.3 is 15.2 Å². The molecule has 4 rings (SSSR count). The Morgan fingerprint density at radius 3 is 2.26 bits per heavy atom. The van der Waals surface area contributed by atoms with E-state index in [1.54, 1.807) is 12.1 Å². The van der Waals surface area contributed by atoms with Crippen molar-refractivity contribution >= 4 is 5.78 Å². The van der Waals surface area contributed by atoms with Gasteiger partial charge >= 0.3 is 0 Å². The lowest BCUT2D eigenvalue weighted by Crippen LogP contribution is -2.34. The summed E-state index contributed by atoms with van der Waals surface area (Å²) in [5.74, 6) is 0.357. The zero-order valence-electron chi connectivity index (χ0n) is 21.1. The summed E-state index contributed by atoms with van der Waals surface area (Å²) in [6.07, 6.45) is 0.980. The summed E-state index contributed by atoms with van der Waals surface area (Å²) in [6, 6.07) is 8.17. The van der Waals surface area contributed by atoms with Gasteiger partial charge in [0, 0.05) is 18.4 Å². The minimum absolute atomic E-state index is 0.000624. The highest BCUT2D eigenvalue weighted by Gasteiger charge is 2.44. The van der Waals surface area contributed by atoms with Crippen LogP contribution in [0.1, 0.15) is 66.0 Å². The molecule has 1 atom stereocenters. The molecule has 0 spiro atoms. The van der Waals surface area contributed by atoms with E-state index in [9.17, 15) is 14.4 Å². The van der Waals surface area contributed by atoms with Gasteiger partial charge in [0.2, 0.25) is 5.88 Å². The Kier molecular flexibility index (Phi) is 6.23. The molecule has 0 saturated heterocycles. The third-order valence-electron chi connectivity index (χ3n) is 7.40. The molecular weight excluding hydrogens is 443 g/mol. The fourth-order valence-corrected chi connectivity index (χ4v) is 5.33. The molecule has 0 amide bonds. The van der Waals surface area contributed by atoms with E-state index in [4.69, 9.17) is 15.2 Å². The van der Waals surface area contributed by atoms with Crippen LogP contribution in [0.3, 0.4) is 0 Å². The smallest absolute Gasteiger partial charge is 0.205 e. The highest BCUT2D eigenvalue weighted by Crippen LogP contribution is 2.50. The minimum Gasteiger partial charge on any atom is -0.489 e. The van der Waals surface area contributed by atoms with E-state index in [0.29, 0.717) is 36.5 Å². The molecule has 6 heteroatoms. The topological polar surface area (TPSA) is 85.3 Å². The molecule has 35 heavy (non-hydrogen) atoms. The van der Waals surface area contributed by atoms with E-state index in [1.807, 2.05) is 41.5 Å². The number of nitriles is 1. The van der Waals surface area contributed by atoms with Gasteiger partial charge in [0.1, 0.15) is 35.6 Å². The molecular formula is C29H31FN2O3. The summed E-state index contributed by atoms with van der Waals surface area (Å²) in [4.78, 5) is 13.4. The number of hydrogen-bond donors (Lipinski definition) is 1. The second-order valence-electron chi connectivity index (χ2n) is 10.3. The predicted octanol–water partition coefficient (Wildman–Crippen LogP) is 6.09. The lowest BCUT2D eigenvalue weighted by atomic mass is 9.68. The molecule has 2 aromatic carbocycles. The monoisotopic (exact) mass is 474 g/mol. The average Bonchev–Trinajstić information content (AvgIpc) is 2.78. The van der Waals surface area contributed by atoms with Crippen molar-refractivity contribution < 1.29 is 18.7 Å². The second-order valence-corrected chi connectivity index (χ2v) is 10.3. The van der Waals surface area contributed by atoms with Crippen LogP contribution in [-0.2, 0) is 16.1 Å². The van der Waals surface area contributed by atoms with Crippen LogP contribution < -0.4 is 10.5 Å². The molecule has 1 aliphatic heterocycles. The van der Waals surface area contributed by atoms with E-state index in [2.05, 4.69) is 6.07 Å². The normalized spacial score (nSPS) is 19.3. The van der Waals surface area contributed by atoms with Gasteiger partial charge in [0.15, 0.2) is 5.78 Å². The Morgan fingerprint density at radius 1 is 1.09 bits per heavy atom. The maximum Gasteiger partial charge on any atom is 0.205 e. The van der Waals surface area contributed by atoms with Crippen molar-refractivity contribution in [3.8, 4) is 11.8 Å². The predicted molar refractivity (Wildman–Crippen MR) is 132 cm³/mol. The molecule has 182 valence electrons. The molecule has 0 bridgehead atoms. The minimum atomic E-state index is -0.559. The summed E-state index contributed by atoms with van der Waals surface area (Å²) in [7, 11) is 0. The van der Waals surface area contributed by atoms with Gasteiger partial charge in [-0.05, 0) is 90.8 Å². The SMILES string of the molecule is Cc1c(C)c([C@H]2C(C#N)=C(N)OC3=C2C(=O)CC(C)(C)C3)c(C)c(C)c1COc1ccc(F)cc1. The summed E-state index contributed by atoms with van der Waals surface area (Å²) >= 11 is 0. The average molecular weight is 475 g/mol. The molecule has 5 nitrogen and oxygen atoms in total. The van der Waals surface area contributed by atoms with Gasteiger partial charge in [0.25, 0.3) is 0 Å². The first-order valence-corrected chi connectivity index (χ1v) is 11.8. The fourth-order valence-electron chi connectivity index (χ4n) is 5.33. The van der Waals surface area contributed by atoms with Crippen LogP contribution in [0.25, 0.3) is 0 Å². The van der Waals surface area contributed by atoms with Crippen molar-refractivity contribution in [3.05, 3.63) is 86.3 Å². The molecule has 2 N–H and O–H groups in total. The van der Waals surface area contributed by atoms with Gasteiger partial charge in [-0.1, -0.05) is 13.8 Å². The number of ketones is 1. The number of hydrogen-bond acceptors (Lipinski definition) is 5. The number of rotatable bonds is 4. The van der Waals surface area contributed by atoms with Gasteiger partial charge in [-0.2, -0.15) is 5.26 Å². The van der Waals surface area contributed by atoms with E-state index in [-0.39, 0.29) is 28.5 Å². The highest BCUT2D eigenvalue weighted by atomic mass is 19.1. The van der Waals surface area contributed by atoms with Crippen molar-refractivity contribution in [3.63, 3.8) is 0 Å². The Hall–Kier alpha value is -3.59. The Labute approximate surface area is 206 Å². The van der Waals surface area contributed by atoms with Crippen LogP contribution in [0.5, 0.6) is 5.75 Å². The molecule has 0 saturated carbocycles. The van der Waals surface area contributed by atoms with E-state index < -0.39 is 5.92 Å². The number of halogens is 1. The zero-order valence-corrected chi connectivity index (χ0v) is 21.1. The fraction of sp³-hybridized carbons (Fsp3) is 0.379. The van der Waals surface area contributed by atoms with Crippen LogP contribution >= 0.6 is 0 Å². The summed E-state index contributed by atoms with van der Waals surface area (Å²) in [5.41, 5.74) is 12.8. The first-order chi connectivity index (χ1) is 16.4. The molecule has 1 aliphatic carbocycles. The zero-order chi connectivity index (χ0) is 25.7. The number of nitrogens with zero attached hydrogens (tertiary/aromatic N) is 1. The summed E-state index contributed by atoms with van der Waals surface area (Å²) < 4.78 is 25.1. The molecule has 0 fully saturated rings. The number of carbonyl (C=O) groups excluding carboxylic acids is 1. The Balaban J connectivity index is 1.83. The van der Waals surface area contributed by atoms with Gasteiger partial charge in [0.05, 0.1) is 5.92 Å². The molecule has 0 radical (unpaired) electrons. The number of Topliss-reactive ketones (excluding diaryl/α,β-unsaturated/α-hetero) is 1. The van der Waals surface area contributed by atoms with Crippen LogP contribution in [-0.4, -0.2) is 5.78 Å². The van der Waals surface area contributed by atoms with E-state index in [1.165, 1.54) is 12.1 Å². The standard InChI is InChI=1S/C29H31FN2O3/c1-15-17(3)25(18(4)16(2)22(15)14-34-20-9-7-19(30)8-10-20)26-21(13-31)28(32)35-24-12-29(5,6)11-23(33)27(24)26/h7-10,26H,11-12,14,32H2,1-6H3/t26-/m1/s1. The van der Waals surface area contributed by atoms with Gasteiger partial charge in [-0.25, -0.2) is 4.39 Å². The second kappa shape index (κ2) is 8.88. The van der Waals surface area contributed by atoms with Crippen molar-refractivity contribution in [1.82, 2.24) is 0 Å². The lowest BCUT2D eigenvalue weighted by Gasteiger charge is -2.38. The number of carbonyl (C=O) groups is 1.